The molecular formula is C8H14O4S2. The SMILES string of the molecule is C=CS(=O)(=O)CCCCS(=O)(=O)C=C. The van der Waals surface area contributed by atoms with Gasteiger partial charge in [0.05, 0.1) is 11.5 Å². The number of hydrogen-bond donors (Lipinski definition) is 0. The fourth-order valence-corrected chi connectivity index (χ4v) is 2.32. The highest BCUT2D eigenvalue weighted by Gasteiger charge is 2.07. The molecule has 0 N–H and O–H groups in total. The van der Waals surface area contributed by atoms with Crippen LogP contribution in [0.4, 0.5) is 0 Å². The lowest BCUT2D eigenvalue weighted by Crippen LogP contribution is -2.06. The van der Waals surface area contributed by atoms with Gasteiger partial charge >= 0.3 is 0 Å². The van der Waals surface area contributed by atoms with Crippen molar-refractivity contribution in [2.75, 3.05) is 11.5 Å². The molecule has 0 aromatic carbocycles. The first-order chi connectivity index (χ1) is 6.33. The molecule has 0 unspecified atom stereocenters. The molecule has 0 radical (unpaired) electrons. The third-order valence-electron chi connectivity index (χ3n) is 1.62. The topological polar surface area (TPSA) is 68.3 Å². The maximum atomic E-state index is 10.9. The smallest absolute Gasteiger partial charge is 0.171 e. The highest BCUT2D eigenvalue weighted by Crippen LogP contribution is 2.02. The molecule has 0 aromatic heterocycles. The first-order valence-corrected chi connectivity index (χ1v) is 7.46. The van der Waals surface area contributed by atoms with Gasteiger partial charge in [0.1, 0.15) is 0 Å². The van der Waals surface area contributed by atoms with Crippen molar-refractivity contribution in [2.45, 2.75) is 12.8 Å². The Bertz CT molecular complexity index is 349. The maximum Gasteiger partial charge on any atom is 0.171 e. The van der Waals surface area contributed by atoms with Crippen LogP contribution >= 0.6 is 0 Å². The third kappa shape index (κ3) is 5.93. The molecule has 0 spiro atoms. The molecular weight excluding hydrogens is 224 g/mol. The fourth-order valence-electron chi connectivity index (χ4n) is 0.773. The number of unbranched alkanes of at least 4 members (excludes halogenated alkanes) is 1. The molecule has 0 fully saturated rings. The van der Waals surface area contributed by atoms with Crippen molar-refractivity contribution in [1.82, 2.24) is 0 Å². The molecule has 0 aliphatic carbocycles. The van der Waals surface area contributed by atoms with Gasteiger partial charge in [-0.1, -0.05) is 13.2 Å². The lowest BCUT2D eigenvalue weighted by Gasteiger charge is -1.98. The van der Waals surface area contributed by atoms with Crippen molar-refractivity contribution in [2.24, 2.45) is 0 Å². The van der Waals surface area contributed by atoms with Gasteiger partial charge in [-0.25, -0.2) is 16.8 Å². The Kier molecular flexibility index (Phi) is 5.07. The molecule has 0 heterocycles. The van der Waals surface area contributed by atoms with Gasteiger partial charge in [0.25, 0.3) is 0 Å². The summed E-state index contributed by atoms with van der Waals surface area (Å²) in [6.45, 7) is 6.31. The predicted octanol–water partition coefficient (Wildman–Crippen LogP) is 0.883. The zero-order valence-electron chi connectivity index (χ0n) is 7.85. The summed E-state index contributed by atoms with van der Waals surface area (Å²) >= 11 is 0. The van der Waals surface area contributed by atoms with Crippen LogP contribution < -0.4 is 0 Å². The fraction of sp³-hybridized carbons (Fsp3) is 0.500. The van der Waals surface area contributed by atoms with Crippen molar-refractivity contribution in [3.8, 4) is 0 Å². The minimum Gasteiger partial charge on any atom is -0.224 e. The quantitative estimate of drug-likeness (QED) is 0.617. The van der Waals surface area contributed by atoms with Gasteiger partial charge in [0.15, 0.2) is 19.7 Å². The van der Waals surface area contributed by atoms with Crippen LogP contribution in [0.15, 0.2) is 24.0 Å². The van der Waals surface area contributed by atoms with E-state index in [0.29, 0.717) is 12.8 Å². The van der Waals surface area contributed by atoms with Gasteiger partial charge in [0.2, 0.25) is 0 Å². The maximum absolute atomic E-state index is 10.9. The molecule has 0 saturated carbocycles. The first kappa shape index (κ1) is 13.4. The van der Waals surface area contributed by atoms with E-state index in [1.165, 1.54) is 0 Å². The average molecular weight is 238 g/mol. The van der Waals surface area contributed by atoms with Crippen LogP contribution in [-0.2, 0) is 19.7 Å². The highest BCUT2D eigenvalue weighted by atomic mass is 32.2. The third-order valence-corrected chi connectivity index (χ3v) is 4.35. The van der Waals surface area contributed by atoms with Gasteiger partial charge < -0.3 is 0 Å². The molecule has 0 aliphatic heterocycles. The van der Waals surface area contributed by atoms with Gasteiger partial charge in [-0.05, 0) is 12.8 Å². The highest BCUT2D eigenvalue weighted by molar-refractivity contribution is 7.94. The minimum absolute atomic E-state index is 0.0524. The number of hydrogen-bond acceptors (Lipinski definition) is 4. The van der Waals surface area contributed by atoms with Gasteiger partial charge in [-0.2, -0.15) is 0 Å². The van der Waals surface area contributed by atoms with Crippen molar-refractivity contribution in [3.05, 3.63) is 24.0 Å². The molecule has 82 valence electrons. The van der Waals surface area contributed by atoms with Crippen LogP contribution in [0.1, 0.15) is 12.8 Å². The average Bonchev–Trinajstić information content (AvgIpc) is 2.13. The van der Waals surface area contributed by atoms with Crippen LogP contribution in [0.5, 0.6) is 0 Å². The second kappa shape index (κ2) is 5.31. The van der Waals surface area contributed by atoms with E-state index < -0.39 is 19.7 Å². The van der Waals surface area contributed by atoms with E-state index in [4.69, 9.17) is 0 Å². The Hall–Kier alpha value is -0.620. The van der Waals surface area contributed by atoms with E-state index in [0.717, 1.165) is 10.8 Å². The Balaban J connectivity index is 3.90. The molecule has 6 heteroatoms. The van der Waals surface area contributed by atoms with Crippen molar-refractivity contribution in [3.63, 3.8) is 0 Å². The van der Waals surface area contributed by atoms with Crippen LogP contribution in [0, 0.1) is 0 Å². The van der Waals surface area contributed by atoms with E-state index in [9.17, 15) is 16.8 Å². The lowest BCUT2D eigenvalue weighted by atomic mass is 10.4. The monoisotopic (exact) mass is 238 g/mol. The molecule has 0 bridgehead atoms. The van der Waals surface area contributed by atoms with E-state index in [1.54, 1.807) is 0 Å². The van der Waals surface area contributed by atoms with E-state index in [2.05, 4.69) is 13.2 Å². The second-order valence-corrected chi connectivity index (χ2v) is 6.91. The van der Waals surface area contributed by atoms with E-state index in [-0.39, 0.29) is 11.5 Å². The molecule has 0 aliphatic rings. The standard InChI is InChI=1S/C8H14O4S2/c1-3-13(9,10)7-5-6-8-14(11,12)4-2/h3-4H,1-2,5-8H2. The summed E-state index contributed by atoms with van der Waals surface area (Å²) in [5.74, 6) is -0.105. The van der Waals surface area contributed by atoms with Crippen molar-refractivity contribution >= 4 is 19.7 Å². The normalized spacial score (nSPS) is 12.3. The molecule has 0 saturated heterocycles. The summed E-state index contributed by atoms with van der Waals surface area (Å²) in [6.07, 6.45) is 0.642. The molecule has 14 heavy (non-hydrogen) atoms. The molecule has 4 nitrogen and oxygen atoms in total. The summed E-state index contributed by atoms with van der Waals surface area (Å²) in [7, 11) is -6.40. The molecule has 0 rings (SSSR count). The van der Waals surface area contributed by atoms with Gasteiger partial charge in [0, 0.05) is 10.8 Å². The van der Waals surface area contributed by atoms with Gasteiger partial charge in [-0.3, -0.25) is 0 Å². The zero-order chi connectivity index (χ0) is 11.2. The van der Waals surface area contributed by atoms with Crippen LogP contribution in [0.2, 0.25) is 0 Å². The van der Waals surface area contributed by atoms with Crippen LogP contribution in [0.3, 0.4) is 0 Å². The minimum atomic E-state index is -3.20. The lowest BCUT2D eigenvalue weighted by molar-refractivity contribution is 0.594. The molecule has 0 amide bonds. The molecule has 0 atom stereocenters. The van der Waals surface area contributed by atoms with Crippen molar-refractivity contribution in [1.29, 1.82) is 0 Å². The van der Waals surface area contributed by atoms with E-state index >= 15 is 0 Å². The summed E-state index contributed by atoms with van der Waals surface area (Å²) in [5, 5.41) is 1.77. The van der Waals surface area contributed by atoms with Crippen LogP contribution in [-0.4, -0.2) is 28.3 Å². The Labute approximate surface area is 85.2 Å². The number of sulfone groups is 2. The van der Waals surface area contributed by atoms with Crippen molar-refractivity contribution < 1.29 is 16.8 Å². The van der Waals surface area contributed by atoms with Gasteiger partial charge in [-0.15, -0.1) is 0 Å². The first-order valence-electron chi connectivity index (χ1n) is 4.03. The number of rotatable bonds is 7. The summed E-state index contributed by atoms with van der Waals surface area (Å²) in [6, 6.07) is 0. The summed E-state index contributed by atoms with van der Waals surface area (Å²) in [5.41, 5.74) is 0. The Morgan fingerprint density at radius 3 is 1.29 bits per heavy atom. The van der Waals surface area contributed by atoms with Crippen LogP contribution in [0.25, 0.3) is 0 Å². The Morgan fingerprint density at radius 1 is 0.786 bits per heavy atom. The summed E-state index contributed by atoms with van der Waals surface area (Å²) < 4.78 is 43.6. The second-order valence-electron chi connectivity index (χ2n) is 2.77. The largest absolute Gasteiger partial charge is 0.224 e. The molecule has 0 aromatic rings. The zero-order valence-corrected chi connectivity index (χ0v) is 9.48. The predicted molar refractivity (Wildman–Crippen MR) is 57.2 cm³/mol. The summed E-state index contributed by atoms with van der Waals surface area (Å²) in [4.78, 5) is 0. The Morgan fingerprint density at radius 2 is 1.07 bits per heavy atom. The van der Waals surface area contributed by atoms with E-state index in [1.807, 2.05) is 0 Å².